The zero-order chi connectivity index (χ0) is 22.4. The largest absolute Gasteiger partial charge is 0.497 e. The second kappa shape index (κ2) is 7.50. The van der Waals surface area contributed by atoms with Crippen molar-refractivity contribution in [1.29, 1.82) is 5.26 Å². The lowest BCUT2D eigenvalue weighted by molar-refractivity contribution is -0.123. The maximum atomic E-state index is 13.6. The zero-order valence-corrected chi connectivity index (χ0v) is 17.2. The SMILES string of the molecule is COc1ccc(N2C(=O)[C@@H]3[C@H](C2=O)[C@H]2C=C(C#N)C=CN2[C@@H]3C(=O)c2ccccc2)cc1. The molecule has 3 aliphatic heterocycles. The van der Waals surface area contributed by atoms with Gasteiger partial charge >= 0.3 is 0 Å². The number of amides is 2. The summed E-state index contributed by atoms with van der Waals surface area (Å²) in [6.07, 6.45) is 4.95. The number of fused-ring (bicyclic) bond motifs is 3. The Kier molecular flexibility index (Phi) is 4.63. The van der Waals surface area contributed by atoms with Crippen molar-refractivity contribution in [1.82, 2.24) is 4.90 Å². The van der Waals surface area contributed by atoms with Gasteiger partial charge in [-0.2, -0.15) is 5.26 Å². The van der Waals surface area contributed by atoms with Crippen LogP contribution < -0.4 is 9.64 Å². The van der Waals surface area contributed by atoms with E-state index in [4.69, 9.17) is 4.74 Å². The maximum absolute atomic E-state index is 13.6. The number of allylic oxidation sites excluding steroid dienone is 2. The summed E-state index contributed by atoms with van der Waals surface area (Å²) in [5.74, 6) is -1.99. The van der Waals surface area contributed by atoms with Gasteiger partial charge in [0, 0.05) is 11.8 Å². The van der Waals surface area contributed by atoms with Gasteiger partial charge in [0.2, 0.25) is 11.8 Å². The topological polar surface area (TPSA) is 90.7 Å². The van der Waals surface area contributed by atoms with Crippen molar-refractivity contribution in [2.45, 2.75) is 12.1 Å². The molecule has 158 valence electrons. The van der Waals surface area contributed by atoms with E-state index in [0.717, 1.165) is 4.90 Å². The number of hydrogen-bond donors (Lipinski definition) is 0. The van der Waals surface area contributed by atoms with Crippen LogP contribution in [0.5, 0.6) is 5.75 Å². The third-order valence-electron chi connectivity index (χ3n) is 6.33. The molecule has 2 aromatic carbocycles. The number of nitriles is 1. The Labute approximate surface area is 184 Å². The molecule has 2 saturated heterocycles. The molecule has 3 aliphatic rings. The van der Waals surface area contributed by atoms with Gasteiger partial charge in [-0.3, -0.25) is 14.4 Å². The van der Waals surface area contributed by atoms with E-state index in [1.165, 1.54) is 7.11 Å². The van der Waals surface area contributed by atoms with Crippen LogP contribution >= 0.6 is 0 Å². The molecular weight excluding hydrogens is 406 g/mol. The van der Waals surface area contributed by atoms with E-state index in [9.17, 15) is 19.6 Å². The molecule has 0 N–H and O–H groups in total. The molecule has 5 rings (SSSR count). The molecule has 7 nitrogen and oxygen atoms in total. The fraction of sp³-hybridized carbons (Fsp3) is 0.200. The van der Waals surface area contributed by atoms with Crippen LogP contribution in [0.3, 0.4) is 0 Å². The number of carbonyl (C=O) groups excluding carboxylic acids is 3. The Balaban J connectivity index is 1.59. The first-order chi connectivity index (χ1) is 15.5. The molecule has 0 radical (unpaired) electrons. The van der Waals surface area contributed by atoms with Gasteiger partial charge in [-0.1, -0.05) is 30.3 Å². The molecule has 0 saturated carbocycles. The average molecular weight is 425 g/mol. The van der Waals surface area contributed by atoms with Gasteiger partial charge in [0.1, 0.15) is 11.8 Å². The Hall–Kier alpha value is -4.18. The molecule has 0 aliphatic carbocycles. The first kappa shape index (κ1) is 19.8. The number of nitrogens with zero attached hydrogens (tertiary/aromatic N) is 3. The summed E-state index contributed by atoms with van der Waals surface area (Å²) in [7, 11) is 1.54. The highest BCUT2D eigenvalue weighted by Crippen LogP contribution is 2.47. The molecular formula is C25H19N3O4. The highest BCUT2D eigenvalue weighted by molar-refractivity contribution is 6.24. The predicted octanol–water partition coefficient (Wildman–Crippen LogP) is 2.71. The van der Waals surface area contributed by atoms with Crippen LogP contribution in [0.25, 0.3) is 0 Å². The summed E-state index contributed by atoms with van der Waals surface area (Å²) in [5.41, 5.74) is 1.31. The minimum atomic E-state index is -0.846. The highest BCUT2D eigenvalue weighted by atomic mass is 16.5. The fourth-order valence-corrected chi connectivity index (χ4v) is 4.88. The maximum Gasteiger partial charge on any atom is 0.240 e. The van der Waals surface area contributed by atoms with E-state index in [1.807, 2.05) is 6.07 Å². The number of rotatable bonds is 4. The van der Waals surface area contributed by atoms with E-state index >= 15 is 0 Å². The normalized spacial score (nSPS) is 25.8. The Morgan fingerprint density at radius 1 is 1.00 bits per heavy atom. The molecule has 0 spiro atoms. The Morgan fingerprint density at radius 2 is 1.69 bits per heavy atom. The van der Waals surface area contributed by atoms with Crippen molar-refractivity contribution >= 4 is 23.3 Å². The number of imide groups is 1. The lowest BCUT2D eigenvalue weighted by Crippen LogP contribution is -2.46. The number of hydrogen-bond acceptors (Lipinski definition) is 6. The Bertz CT molecular complexity index is 1210. The third kappa shape index (κ3) is 2.84. The van der Waals surface area contributed by atoms with Crippen LogP contribution in [0.4, 0.5) is 5.69 Å². The molecule has 32 heavy (non-hydrogen) atoms. The van der Waals surface area contributed by atoms with Crippen LogP contribution in [0.15, 0.2) is 78.5 Å². The minimum Gasteiger partial charge on any atom is -0.497 e. The average Bonchev–Trinajstić information content (AvgIpc) is 3.31. The summed E-state index contributed by atoms with van der Waals surface area (Å²) in [5, 5.41) is 9.37. The monoisotopic (exact) mass is 425 g/mol. The molecule has 0 aromatic heterocycles. The van der Waals surface area contributed by atoms with Crippen molar-refractivity contribution < 1.29 is 19.1 Å². The summed E-state index contributed by atoms with van der Waals surface area (Å²) >= 11 is 0. The Morgan fingerprint density at radius 3 is 2.34 bits per heavy atom. The third-order valence-corrected chi connectivity index (χ3v) is 6.33. The molecule has 3 heterocycles. The van der Waals surface area contributed by atoms with Crippen LogP contribution in [0.2, 0.25) is 0 Å². The first-order valence-corrected chi connectivity index (χ1v) is 10.2. The van der Waals surface area contributed by atoms with Crippen molar-refractivity contribution in [3.63, 3.8) is 0 Å². The first-order valence-electron chi connectivity index (χ1n) is 10.2. The van der Waals surface area contributed by atoms with Crippen molar-refractivity contribution in [2.24, 2.45) is 11.8 Å². The lowest BCUT2D eigenvalue weighted by Gasteiger charge is -2.32. The van der Waals surface area contributed by atoms with E-state index < -0.39 is 29.8 Å². The predicted molar refractivity (Wildman–Crippen MR) is 115 cm³/mol. The van der Waals surface area contributed by atoms with Gasteiger partial charge in [-0.05, 0) is 36.4 Å². The molecule has 0 bridgehead atoms. The van der Waals surface area contributed by atoms with Gasteiger partial charge in [0.15, 0.2) is 5.78 Å². The van der Waals surface area contributed by atoms with Crippen LogP contribution in [0, 0.1) is 23.2 Å². The van der Waals surface area contributed by atoms with Gasteiger partial charge in [-0.25, -0.2) is 4.90 Å². The number of carbonyl (C=O) groups is 3. The van der Waals surface area contributed by atoms with Crippen molar-refractivity contribution in [3.8, 4) is 11.8 Å². The second-order valence-electron chi connectivity index (χ2n) is 7.92. The lowest BCUT2D eigenvalue weighted by atomic mass is 9.86. The summed E-state index contributed by atoms with van der Waals surface area (Å²) in [4.78, 5) is 43.5. The van der Waals surface area contributed by atoms with Gasteiger partial charge in [-0.15, -0.1) is 0 Å². The van der Waals surface area contributed by atoms with Crippen molar-refractivity contribution in [2.75, 3.05) is 12.0 Å². The number of anilines is 1. The molecule has 2 fully saturated rings. The van der Waals surface area contributed by atoms with Crippen LogP contribution in [-0.4, -0.2) is 41.7 Å². The number of methoxy groups -OCH3 is 1. The number of Topliss-reactive ketones (excluding diaryl/α,β-unsaturated/α-hetero) is 1. The smallest absolute Gasteiger partial charge is 0.240 e. The van der Waals surface area contributed by atoms with E-state index in [0.29, 0.717) is 22.6 Å². The summed E-state index contributed by atoms with van der Waals surface area (Å²) < 4.78 is 5.17. The van der Waals surface area contributed by atoms with E-state index in [-0.39, 0.29) is 11.7 Å². The van der Waals surface area contributed by atoms with Gasteiger partial charge < -0.3 is 9.64 Å². The van der Waals surface area contributed by atoms with Gasteiger partial charge in [0.25, 0.3) is 0 Å². The zero-order valence-electron chi connectivity index (χ0n) is 17.2. The quantitative estimate of drug-likeness (QED) is 0.553. The summed E-state index contributed by atoms with van der Waals surface area (Å²) in [6, 6.07) is 16.1. The second-order valence-corrected chi connectivity index (χ2v) is 7.92. The molecule has 0 unspecified atom stereocenters. The minimum absolute atomic E-state index is 0.223. The highest BCUT2D eigenvalue weighted by Gasteiger charge is 2.63. The van der Waals surface area contributed by atoms with Crippen LogP contribution in [-0.2, 0) is 9.59 Å². The summed E-state index contributed by atoms with van der Waals surface area (Å²) in [6.45, 7) is 0. The number of ether oxygens (including phenoxy) is 1. The van der Waals surface area contributed by atoms with E-state index in [2.05, 4.69) is 6.07 Å². The van der Waals surface area contributed by atoms with E-state index in [1.54, 1.807) is 71.8 Å². The van der Waals surface area contributed by atoms with Gasteiger partial charge in [0.05, 0.1) is 42.3 Å². The standard InChI is InChI=1S/C25H19N3O4/c1-32-18-9-7-17(8-10-18)28-24(30)20-19-13-15(14-26)11-12-27(19)22(21(20)25(28)31)23(29)16-5-3-2-4-6-16/h2-13,19-22H,1H3/t19-,20-,21-,22+/m1/s1. The molecule has 4 atom stereocenters. The molecule has 2 aromatic rings. The fourth-order valence-electron chi connectivity index (χ4n) is 4.88. The van der Waals surface area contributed by atoms with Crippen LogP contribution in [0.1, 0.15) is 10.4 Å². The number of ketones is 1. The number of benzene rings is 2. The molecule has 2 amide bonds. The molecule has 7 heteroatoms. The van der Waals surface area contributed by atoms with Crippen molar-refractivity contribution in [3.05, 3.63) is 84.1 Å².